The van der Waals surface area contributed by atoms with Crippen molar-refractivity contribution in [3.8, 4) is 5.75 Å². The average Bonchev–Trinajstić information content (AvgIpc) is 2.41. The standard InChI is InChI=1S/C14H14BrNO3S/c15-12-3-7-14(8-4-12)20(18,19)16-10-9-11-1-5-13(17)6-2-11/h1-8,16-17H,9-10H2. The van der Waals surface area contributed by atoms with Crippen LogP contribution in [0.5, 0.6) is 5.75 Å². The van der Waals surface area contributed by atoms with Gasteiger partial charge in [-0.3, -0.25) is 0 Å². The lowest BCUT2D eigenvalue weighted by Gasteiger charge is -2.07. The first kappa shape index (κ1) is 15.0. The summed E-state index contributed by atoms with van der Waals surface area (Å²) in [7, 11) is -3.48. The van der Waals surface area contributed by atoms with Gasteiger partial charge in [0.2, 0.25) is 10.0 Å². The predicted molar refractivity (Wildman–Crippen MR) is 81.1 cm³/mol. The van der Waals surface area contributed by atoms with E-state index in [1.807, 2.05) is 0 Å². The van der Waals surface area contributed by atoms with E-state index in [-0.39, 0.29) is 10.6 Å². The molecule has 4 nitrogen and oxygen atoms in total. The summed E-state index contributed by atoms with van der Waals surface area (Å²) in [6, 6.07) is 13.2. The largest absolute Gasteiger partial charge is 0.508 e. The molecule has 0 aliphatic rings. The first-order valence-corrected chi connectivity index (χ1v) is 8.28. The summed E-state index contributed by atoms with van der Waals surface area (Å²) in [6.07, 6.45) is 0.566. The molecule has 0 bridgehead atoms. The minimum Gasteiger partial charge on any atom is -0.508 e. The average molecular weight is 356 g/mol. The van der Waals surface area contributed by atoms with E-state index in [0.717, 1.165) is 10.0 Å². The first-order chi connectivity index (χ1) is 9.47. The van der Waals surface area contributed by atoms with Crippen LogP contribution >= 0.6 is 15.9 Å². The Morgan fingerprint density at radius 2 is 1.60 bits per heavy atom. The summed E-state index contributed by atoms with van der Waals surface area (Å²) < 4.78 is 27.4. The molecule has 0 heterocycles. The Morgan fingerprint density at radius 1 is 1.00 bits per heavy atom. The molecule has 2 rings (SSSR count). The van der Waals surface area contributed by atoms with Crippen LogP contribution in [0, 0.1) is 0 Å². The van der Waals surface area contributed by atoms with E-state index in [2.05, 4.69) is 20.7 Å². The van der Waals surface area contributed by atoms with Crippen molar-refractivity contribution in [3.05, 3.63) is 58.6 Å². The van der Waals surface area contributed by atoms with Crippen molar-refractivity contribution in [1.82, 2.24) is 4.72 Å². The highest BCUT2D eigenvalue weighted by Crippen LogP contribution is 2.14. The lowest BCUT2D eigenvalue weighted by molar-refractivity contribution is 0.475. The maximum Gasteiger partial charge on any atom is 0.240 e. The number of phenols is 1. The van der Waals surface area contributed by atoms with Gasteiger partial charge in [0.15, 0.2) is 0 Å². The van der Waals surface area contributed by atoms with Gasteiger partial charge in [-0.1, -0.05) is 28.1 Å². The molecule has 0 saturated heterocycles. The van der Waals surface area contributed by atoms with E-state index < -0.39 is 10.0 Å². The molecular formula is C14H14BrNO3S. The van der Waals surface area contributed by atoms with Crippen molar-refractivity contribution in [2.45, 2.75) is 11.3 Å². The molecule has 6 heteroatoms. The summed E-state index contributed by atoms with van der Waals surface area (Å²) in [6.45, 7) is 0.309. The Morgan fingerprint density at radius 3 is 2.20 bits per heavy atom. The van der Waals surface area contributed by atoms with E-state index in [0.29, 0.717) is 13.0 Å². The Hall–Kier alpha value is -1.37. The monoisotopic (exact) mass is 355 g/mol. The van der Waals surface area contributed by atoms with E-state index in [1.165, 1.54) is 0 Å². The van der Waals surface area contributed by atoms with Crippen molar-refractivity contribution in [2.75, 3.05) is 6.54 Å². The van der Waals surface area contributed by atoms with Crippen LogP contribution in [0.3, 0.4) is 0 Å². The molecule has 0 atom stereocenters. The van der Waals surface area contributed by atoms with Crippen LogP contribution in [-0.2, 0) is 16.4 Å². The fourth-order valence-corrected chi connectivity index (χ4v) is 2.99. The van der Waals surface area contributed by atoms with Crippen molar-refractivity contribution in [2.24, 2.45) is 0 Å². The predicted octanol–water partition coefficient (Wildman–Crippen LogP) is 2.68. The molecule has 0 amide bonds. The molecule has 2 aromatic rings. The molecule has 0 aliphatic carbocycles. The van der Waals surface area contributed by atoms with Crippen molar-refractivity contribution in [3.63, 3.8) is 0 Å². The van der Waals surface area contributed by atoms with Crippen LogP contribution in [0.4, 0.5) is 0 Å². The van der Waals surface area contributed by atoms with E-state index in [9.17, 15) is 8.42 Å². The number of sulfonamides is 1. The lowest BCUT2D eigenvalue weighted by atomic mass is 10.1. The van der Waals surface area contributed by atoms with Crippen molar-refractivity contribution in [1.29, 1.82) is 0 Å². The smallest absolute Gasteiger partial charge is 0.240 e. The molecule has 20 heavy (non-hydrogen) atoms. The maximum absolute atomic E-state index is 12.0. The van der Waals surface area contributed by atoms with Gasteiger partial charge in [0.25, 0.3) is 0 Å². The maximum atomic E-state index is 12.0. The molecule has 0 fully saturated rings. The van der Waals surface area contributed by atoms with Gasteiger partial charge in [0.05, 0.1) is 4.90 Å². The highest BCUT2D eigenvalue weighted by molar-refractivity contribution is 9.10. The van der Waals surface area contributed by atoms with Crippen LogP contribution in [0.1, 0.15) is 5.56 Å². The molecule has 0 aromatic heterocycles. The molecule has 2 aromatic carbocycles. The molecule has 0 saturated carbocycles. The Kier molecular flexibility index (Phi) is 4.80. The molecule has 2 N–H and O–H groups in total. The Labute approximate surface area is 126 Å². The summed E-state index contributed by atoms with van der Waals surface area (Å²) in [5.41, 5.74) is 0.960. The zero-order chi connectivity index (χ0) is 14.6. The number of nitrogens with one attached hydrogen (secondary N) is 1. The zero-order valence-electron chi connectivity index (χ0n) is 10.6. The van der Waals surface area contributed by atoms with Crippen LogP contribution in [0.2, 0.25) is 0 Å². The van der Waals surface area contributed by atoms with Crippen LogP contribution in [0.15, 0.2) is 57.9 Å². The molecule has 106 valence electrons. The third-order valence-electron chi connectivity index (χ3n) is 2.77. The summed E-state index contributed by atoms with van der Waals surface area (Å²) in [5, 5.41) is 9.17. The normalized spacial score (nSPS) is 11.4. The van der Waals surface area contributed by atoms with Gasteiger partial charge >= 0.3 is 0 Å². The van der Waals surface area contributed by atoms with Gasteiger partial charge in [0, 0.05) is 11.0 Å². The fourth-order valence-electron chi connectivity index (χ4n) is 1.69. The Balaban J connectivity index is 1.96. The second-order valence-corrected chi connectivity index (χ2v) is 6.95. The summed E-state index contributed by atoms with van der Waals surface area (Å²) in [4.78, 5) is 0.242. The molecule has 0 aliphatic heterocycles. The highest BCUT2D eigenvalue weighted by Gasteiger charge is 2.12. The molecule has 0 radical (unpaired) electrons. The van der Waals surface area contributed by atoms with Gasteiger partial charge in [-0.25, -0.2) is 13.1 Å². The van der Waals surface area contributed by atoms with Crippen LogP contribution in [-0.4, -0.2) is 20.1 Å². The van der Waals surface area contributed by atoms with E-state index in [1.54, 1.807) is 48.5 Å². The van der Waals surface area contributed by atoms with Crippen molar-refractivity contribution >= 4 is 26.0 Å². The number of phenolic OH excluding ortho intramolecular Hbond substituents is 1. The third kappa shape index (κ3) is 4.06. The Bertz CT molecular complexity index is 667. The van der Waals surface area contributed by atoms with Gasteiger partial charge in [-0.05, 0) is 48.4 Å². The number of aromatic hydroxyl groups is 1. The van der Waals surface area contributed by atoms with E-state index >= 15 is 0 Å². The third-order valence-corrected chi connectivity index (χ3v) is 4.77. The minimum absolute atomic E-state index is 0.198. The van der Waals surface area contributed by atoms with Crippen molar-refractivity contribution < 1.29 is 13.5 Å². The lowest BCUT2D eigenvalue weighted by Crippen LogP contribution is -2.25. The summed E-state index contributed by atoms with van der Waals surface area (Å²) in [5.74, 6) is 0.198. The second-order valence-electron chi connectivity index (χ2n) is 4.27. The number of halogens is 1. The van der Waals surface area contributed by atoms with Gasteiger partial charge in [-0.15, -0.1) is 0 Å². The first-order valence-electron chi connectivity index (χ1n) is 6.00. The zero-order valence-corrected chi connectivity index (χ0v) is 13.0. The highest BCUT2D eigenvalue weighted by atomic mass is 79.9. The topological polar surface area (TPSA) is 66.4 Å². The molecular weight excluding hydrogens is 342 g/mol. The molecule has 0 spiro atoms. The number of rotatable bonds is 5. The number of hydrogen-bond donors (Lipinski definition) is 2. The minimum atomic E-state index is -3.48. The van der Waals surface area contributed by atoms with Gasteiger partial charge in [0.1, 0.15) is 5.75 Å². The van der Waals surface area contributed by atoms with Crippen LogP contribution < -0.4 is 4.72 Å². The fraction of sp³-hybridized carbons (Fsp3) is 0.143. The SMILES string of the molecule is O=S(=O)(NCCc1ccc(O)cc1)c1ccc(Br)cc1. The summed E-state index contributed by atoms with van der Waals surface area (Å²) >= 11 is 3.27. The van der Waals surface area contributed by atoms with Crippen LogP contribution in [0.25, 0.3) is 0 Å². The number of hydrogen-bond acceptors (Lipinski definition) is 3. The molecule has 0 unspecified atom stereocenters. The quantitative estimate of drug-likeness (QED) is 0.866. The van der Waals surface area contributed by atoms with E-state index in [4.69, 9.17) is 5.11 Å². The van der Waals surface area contributed by atoms with Gasteiger partial charge in [-0.2, -0.15) is 0 Å². The van der Waals surface area contributed by atoms with Gasteiger partial charge < -0.3 is 5.11 Å². The number of benzene rings is 2. The second kappa shape index (κ2) is 6.39.